The molecule has 1 saturated carbocycles. The maximum absolute atomic E-state index is 11.3. The van der Waals surface area contributed by atoms with Crippen LogP contribution in [0.15, 0.2) is 0 Å². The van der Waals surface area contributed by atoms with Gasteiger partial charge in [-0.1, -0.05) is 32.1 Å². The van der Waals surface area contributed by atoms with Crippen LogP contribution in [0.5, 0.6) is 0 Å². The summed E-state index contributed by atoms with van der Waals surface area (Å²) in [6.45, 7) is 9.00. The molecule has 0 amide bonds. The molecular formula is C13H20N2O2S. The summed E-state index contributed by atoms with van der Waals surface area (Å²) in [5.41, 5.74) is 0.472. The van der Waals surface area contributed by atoms with Gasteiger partial charge < -0.3 is 10.0 Å². The second-order valence-corrected chi connectivity index (χ2v) is 6.72. The molecule has 1 aromatic rings. The van der Waals surface area contributed by atoms with Crippen LogP contribution in [-0.4, -0.2) is 28.6 Å². The number of aromatic carboxylic acids is 1. The average molecular weight is 268 g/mol. The summed E-state index contributed by atoms with van der Waals surface area (Å²) in [6, 6.07) is 0.565. The molecule has 1 aliphatic carbocycles. The van der Waals surface area contributed by atoms with Crippen molar-refractivity contribution < 1.29 is 9.90 Å². The van der Waals surface area contributed by atoms with E-state index >= 15 is 0 Å². The molecule has 18 heavy (non-hydrogen) atoms. The number of carbonyl (C=O) groups is 1. The molecule has 0 atom stereocenters. The van der Waals surface area contributed by atoms with E-state index < -0.39 is 5.97 Å². The normalized spacial score (nSPS) is 15.8. The van der Waals surface area contributed by atoms with Gasteiger partial charge in [0, 0.05) is 18.0 Å². The van der Waals surface area contributed by atoms with E-state index in [1.54, 1.807) is 0 Å². The molecule has 0 unspecified atom stereocenters. The summed E-state index contributed by atoms with van der Waals surface area (Å²) >= 11 is 1.31. The van der Waals surface area contributed by atoms with Crippen molar-refractivity contribution in [3.63, 3.8) is 0 Å². The third-order valence-electron chi connectivity index (χ3n) is 3.09. The number of carboxylic acids is 1. The van der Waals surface area contributed by atoms with E-state index in [2.05, 4.69) is 16.8 Å². The van der Waals surface area contributed by atoms with Gasteiger partial charge >= 0.3 is 5.97 Å². The summed E-state index contributed by atoms with van der Waals surface area (Å²) in [6.07, 6.45) is 2.39. The Balaban J connectivity index is 2.41. The first-order valence-electron chi connectivity index (χ1n) is 6.35. The lowest BCUT2D eigenvalue weighted by molar-refractivity contribution is 0.0699. The highest BCUT2D eigenvalue weighted by atomic mass is 32.1. The van der Waals surface area contributed by atoms with Gasteiger partial charge in [-0.05, 0) is 19.8 Å². The summed E-state index contributed by atoms with van der Waals surface area (Å²) < 4.78 is 0. The van der Waals surface area contributed by atoms with E-state index in [1.165, 1.54) is 24.2 Å². The minimum absolute atomic E-state index is 0.231. The van der Waals surface area contributed by atoms with E-state index in [-0.39, 0.29) is 5.41 Å². The van der Waals surface area contributed by atoms with E-state index in [0.717, 1.165) is 11.7 Å². The van der Waals surface area contributed by atoms with E-state index in [0.29, 0.717) is 16.6 Å². The Labute approximate surface area is 112 Å². The average Bonchev–Trinajstić information content (AvgIpc) is 2.95. The van der Waals surface area contributed by atoms with Crippen molar-refractivity contribution >= 4 is 22.4 Å². The van der Waals surface area contributed by atoms with Gasteiger partial charge in [0.1, 0.15) is 4.88 Å². The number of nitrogens with zero attached hydrogens (tertiary/aromatic N) is 2. The first kappa shape index (κ1) is 13.3. The molecule has 2 rings (SSSR count). The first-order chi connectivity index (χ1) is 8.34. The molecule has 0 aliphatic heterocycles. The second-order valence-electron chi connectivity index (χ2n) is 5.75. The summed E-state index contributed by atoms with van der Waals surface area (Å²) in [5.74, 6) is -0.865. The summed E-state index contributed by atoms with van der Waals surface area (Å²) in [7, 11) is 0. The molecular weight excluding hydrogens is 248 g/mol. The van der Waals surface area contributed by atoms with Gasteiger partial charge in [0.2, 0.25) is 0 Å². The van der Waals surface area contributed by atoms with E-state index in [9.17, 15) is 9.90 Å². The van der Waals surface area contributed by atoms with Crippen LogP contribution in [0.25, 0.3) is 0 Å². The minimum Gasteiger partial charge on any atom is -0.477 e. The summed E-state index contributed by atoms with van der Waals surface area (Å²) in [5, 5.41) is 10.2. The molecule has 0 saturated heterocycles. The molecule has 0 bridgehead atoms. The zero-order valence-corrected chi connectivity index (χ0v) is 12.2. The number of rotatable bonds is 4. The highest BCUT2D eigenvalue weighted by molar-refractivity contribution is 7.17. The number of hydrogen-bond acceptors (Lipinski definition) is 4. The Kier molecular flexibility index (Phi) is 3.36. The van der Waals surface area contributed by atoms with Gasteiger partial charge in [-0.3, -0.25) is 0 Å². The fraction of sp³-hybridized carbons (Fsp3) is 0.692. The van der Waals surface area contributed by atoms with Gasteiger partial charge in [0.25, 0.3) is 0 Å². The van der Waals surface area contributed by atoms with Crippen LogP contribution < -0.4 is 4.90 Å². The van der Waals surface area contributed by atoms with Crippen molar-refractivity contribution in [1.29, 1.82) is 0 Å². The monoisotopic (exact) mass is 268 g/mol. The lowest BCUT2D eigenvalue weighted by atomic mass is 9.91. The van der Waals surface area contributed by atoms with E-state index in [4.69, 9.17) is 0 Å². The van der Waals surface area contributed by atoms with Gasteiger partial charge in [-0.25, -0.2) is 9.78 Å². The van der Waals surface area contributed by atoms with Crippen molar-refractivity contribution in [3.8, 4) is 0 Å². The Hall–Kier alpha value is -1.10. The fourth-order valence-corrected chi connectivity index (χ4v) is 3.27. The number of aromatic nitrogens is 1. The lowest BCUT2D eigenvalue weighted by Gasteiger charge is -2.19. The SMILES string of the molecule is CCN(c1nc(C(C)(C)C)c(C(=O)O)s1)C1CC1. The Morgan fingerprint density at radius 1 is 1.50 bits per heavy atom. The van der Waals surface area contributed by atoms with Gasteiger partial charge in [0.05, 0.1) is 5.69 Å². The van der Waals surface area contributed by atoms with Crippen LogP contribution in [-0.2, 0) is 5.41 Å². The van der Waals surface area contributed by atoms with Crippen molar-refractivity contribution in [3.05, 3.63) is 10.6 Å². The number of anilines is 1. The van der Waals surface area contributed by atoms with Crippen molar-refractivity contribution in [2.24, 2.45) is 0 Å². The van der Waals surface area contributed by atoms with Crippen LogP contribution >= 0.6 is 11.3 Å². The first-order valence-corrected chi connectivity index (χ1v) is 7.17. The van der Waals surface area contributed by atoms with Crippen LogP contribution in [0.4, 0.5) is 5.13 Å². The molecule has 5 heteroatoms. The zero-order chi connectivity index (χ0) is 13.5. The van der Waals surface area contributed by atoms with Gasteiger partial charge in [-0.15, -0.1) is 0 Å². The number of carboxylic acid groups (broad SMARTS) is 1. The molecule has 1 fully saturated rings. The maximum atomic E-state index is 11.3. The number of thiazole rings is 1. The molecule has 100 valence electrons. The van der Waals surface area contributed by atoms with Crippen molar-refractivity contribution in [1.82, 2.24) is 4.98 Å². The number of hydrogen-bond donors (Lipinski definition) is 1. The van der Waals surface area contributed by atoms with Crippen LogP contribution in [0.2, 0.25) is 0 Å². The molecule has 1 heterocycles. The van der Waals surface area contributed by atoms with Crippen LogP contribution in [0.3, 0.4) is 0 Å². The zero-order valence-electron chi connectivity index (χ0n) is 11.4. The van der Waals surface area contributed by atoms with Crippen molar-refractivity contribution in [2.75, 3.05) is 11.4 Å². The molecule has 1 N–H and O–H groups in total. The lowest BCUT2D eigenvalue weighted by Crippen LogP contribution is -2.25. The smallest absolute Gasteiger partial charge is 0.347 e. The summed E-state index contributed by atoms with van der Waals surface area (Å²) in [4.78, 5) is 18.5. The predicted molar refractivity (Wildman–Crippen MR) is 73.8 cm³/mol. The van der Waals surface area contributed by atoms with Gasteiger partial charge in [0.15, 0.2) is 5.13 Å². The second kappa shape index (κ2) is 4.53. The molecule has 4 nitrogen and oxygen atoms in total. The Bertz CT molecular complexity index is 458. The molecule has 0 radical (unpaired) electrons. The highest BCUT2D eigenvalue weighted by Gasteiger charge is 2.33. The topological polar surface area (TPSA) is 53.4 Å². The molecule has 0 spiro atoms. The van der Waals surface area contributed by atoms with Crippen LogP contribution in [0.1, 0.15) is 55.9 Å². The molecule has 1 aromatic heterocycles. The Morgan fingerprint density at radius 3 is 2.44 bits per heavy atom. The minimum atomic E-state index is -0.865. The third-order valence-corrected chi connectivity index (χ3v) is 4.18. The van der Waals surface area contributed by atoms with Crippen molar-refractivity contribution in [2.45, 2.75) is 52.0 Å². The third kappa shape index (κ3) is 2.51. The Morgan fingerprint density at radius 2 is 2.11 bits per heavy atom. The van der Waals surface area contributed by atoms with Crippen LogP contribution in [0, 0.1) is 0 Å². The fourth-order valence-electron chi connectivity index (χ4n) is 2.02. The predicted octanol–water partition coefficient (Wildman–Crippen LogP) is 3.13. The highest BCUT2D eigenvalue weighted by Crippen LogP contribution is 2.38. The molecule has 1 aliphatic rings. The maximum Gasteiger partial charge on any atom is 0.347 e. The standard InChI is InChI=1S/C13H20N2O2S/c1-5-15(8-6-7-8)12-14-10(13(2,3)4)9(18-12)11(16)17/h8H,5-7H2,1-4H3,(H,16,17). The quantitative estimate of drug-likeness (QED) is 0.911. The largest absolute Gasteiger partial charge is 0.477 e. The molecule has 0 aromatic carbocycles. The van der Waals surface area contributed by atoms with Gasteiger partial charge in [-0.2, -0.15) is 0 Å². The van der Waals surface area contributed by atoms with E-state index in [1.807, 2.05) is 20.8 Å².